The molecule has 0 saturated carbocycles. The van der Waals surface area contributed by atoms with Crippen molar-refractivity contribution in [3.05, 3.63) is 146 Å². The van der Waals surface area contributed by atoms with Crippen LogP contribution in [0.5, 0.6) is 0 Å². The molecular weight excluding hydrogens is 877 g/mol. The SMILES string of the molecule is CC/C=C\C/C=C\C/C=C\C/C=C\C/C=C\C/C=C\CCC(=O)OC(COC(=O)CC/C=C\C/C=C\C/C=C\C/C=C\CC)COC(=O)CCCCCCCCCCC/C=C\C/C=C\CCCCCCC. The minimum atomic E-state index is -0.856. The van der Waals surface area contributed by atoms with Crippen LogP contribution in [0.4, 0.5) is 0 Å². The van der Waals surface area contributed by atoms with E-state index in [1.54, 1.807) is 0 Å². The first-order chi connectivity index (χ1) is 35.0. The molecule has 0 aromatic heterocycles. The Hall–Kier alpha value is -4.71. The molecule has 0 aromatic rings. The van der Waals surface area contributed by atoms with Gasteiger partial charge in [0.15, 0.2) is 6.10 Å². The lowest BCUT2D eigenvalue weighted by molar-refractivity contribution is -0.166. The molecule has 1 atom stereocenters. The lowest BCUT2D eigenvalue weighted by Crippen LogP contribution is -2.30. The first-order valence-electron chi connectivity index (χ1n) is 28.3. The fraction of sp³-hybridized carbons (Fsp3) is 0.585. The van der Waals surface area contributed by atoms with Gasteiger partial charge in [0, 0.05) is 19.3 Å². The maximum absolute atomic E-state index is 12.8. The maximum Gasteiger partial charge on any atom is 0.306 e. The molecule has 0 aromatic carbocycles. The molecule has 0 aliphatic carbocycles. The first-order valence-corrected chi connectivity index (χ1v) is 28.3. The number of carbonyl (C=O) groups is 3. The second-order valence-corrected chi connectivity index (χ2v) is 18.1. The van der Waals surface area contributed by atoms with E-state index < -0.39 is 12.1 Å². The molecule has 0 aliphatic rings. The van der Waals surface area contributed by atoms with Crippen LogP contribution in [0.15, 0.2) is 146 Å². The van der Waals surface area contributed by atoms with Gasteiger partial charge in [-0.25, -0.2) is 0 Å². The van der Waals surface area contributed by atoms with Crippen molar-refractivity contribution in [1.29, 1.82) is 0 Å². The summed E-state index contributed by atoms with van der Waals surface area (Å²) in [4.78, 5) is 38.1. The van der Waals surface area contributed by atoms with Gasteiger partial charge in [-0.15, -0.1) is 0 Å². The quantitative estimate of drug-likeness (QED) is 0.0262. The minimum Gasteiger partial charge on any atom is -0.462 e. The number of hydrogen-bond acceptors (Lipinski definition) is 6. The van der Waals surface area contributed by atoms with Gasteiger partial charge in [-0.3, -0.25) is 14.4 Å². The van der Waals surface area contributed by atoms with Gasteiger partial charge in [-0.2, -0.15) is 0 Å². The average Bonchev–Trinajstić information content (AvgIpc) is 3.37. The number of hydrogen-bond donors (Lipinski definition) is 0. The summed E-state index contributed by atoms with van der Waals surface area (Å²) in [5.74, 6) is -1.12. The van der Waals surface area contributed by atoms with Crippen LogP contribution in [0.3, 0.4) is 0 Å². The van der Waals surface area contributed by atoms with Gasteiger partial charge < -0.3 is 14.2 Å². The molecule has 0 bridgehead atoms. The number of allylic oxidation sites excluding steroid dienone is 24. The Morgan fingerprint density at radius 1 is 0.296 bits per heavy atom. The monoisotopic (exact) mass is 979 g/mol. The Morgan fingerprint density at radius 2 is 0.577 bits per heavy atom. The van der Waals surface area contributed by atoms with Crippen LogP contribution in [-0.2, 0) is 28.6 Å². The fourth-order valence-electron chi connectivity index (χ4n) is 7.16. The van der Waals surface area contributed by atoms with Crippen LogP contribution in [0.2, 0.25) is 0 Å². The van der Waals surface area contributed by atoms with E-state index in [0.29, 0.717) is 19.3 Å². The number of esters is 3. The normalized spacial score (nSPS) is 13.2. The van der Waals surface area contributed by atoms with Crippen molar-refractivity contribution in [1.82, 2.24) is 0 Å². The molecule has 0 spiro atoms. The average molecular weight is 980 g/mol. The first kappa shape index (κ1) is 66.3. The van der Waals surface area contributed by atoms with Gasteiger partial charge in [-0.05, 0) is 116 Å². The van der Waals surface area contributed by atoms with Crippen molar-refractivity contribution in [3.8, 4) is 0 Å². The summed E-state index contributed by atoms with van der Waals surface area (Å²) in [6.07, 6.45) is 83.0. The Morgan fingerprint density at radius 3 is 0.944 bits per heavy atom. The molecule has 0 saturated heterocycles. The van der Waals surface area contributed by atoms with Crippen molar-refractivity contribution in [3.63, 3.8) is 0 Å². The molecular formula is C65H102O6. The largest absolute Gasteiger partial charge is 0.462 e. The molecule has 0 radical (unpaired) electrons. The molecule has 0 aliphatic heterocycles. The van der Waals surface area contributed by atoms with Crippen LogP contribution in [-0.4, -0.2) is 37.2 Å². The molecule has 398 valence electrons. The molecule has 71 heavy (non-hydrogen) atoms. The summed E-state index contributed by atoms with van der Waals surface area (Å²) in [6.45, 7) is 6.25. The predicted octanol–water partition coefficient (Wildman–Crippen LogP) is 19.2. The standard InChI is InChI=1S/C65H102O6/c1-4-7-10-13-16-19-22-25-27-29-31-32-34-35-37-40-43-46-49-52-55-58-64(67)70-61-62(60-69-63(66)57-54-51-48-45-42-39-24-21-18-15-12-9-6-3)71-65(68)59-56-53-50-47-44-41-38-36-33-30-28-26-23-20-17-14-11-8-5-2/h8-9,11-12,17-18,20-22,25-26,28-29,31,33,36,39,41-42,44,48,50-51,53,62H,4-7,10,13-16,19,23-24,27,30,32,34-35,37-38,40,43,45-47,49,52,54-61H2,1-3H3/b11-8-,12-9-,20-17-,21-18-,25-22-,28-26-,31-29-,36-33-,42-39-,44-41-,51-48-,53-50-. The van der Waals surface area contributed by atoms with E-state index in [2.05, 4.69) is 142 Å². The van der Waals surface area contributed by atoms with Crippen LogP contribution in [0.25, 0.3) is 0 Å². The zero-order valence-electron chi connectivity index (χ0n) is 45.4. The third-order valence-electron chi connectivity index (χ3n) is 11.3. The number of carbonyl (C=O) groups excluding carboxylic acids is 3. The van der Waals surface area contributed by atoms with Gasteiger partial charge in [0.1, 0.15) is 13.2 Å². The van der Waals surface area contributed by atoms with Crippen LogP contribution in [0.1, 0.15) is 226 Å². The molecule has 0 heterocycles. The van der Waals surface area contributed by atoms with Gasteiger partial charge in [0.05, 0.1) is 0 Å². The molecule has 0 fully saturated rings. The van der Waals surface area contributed by atoms with E-state index in [9.17, 15) is 14.4 Å². The minimum absolute atomic E-state index is 0.138. The van der Waals surface area contributed by atoms with E-state index in [1.807, 2.05) is 24.3 Å². The summed E-state index contributed by atoms with van der Waals surface area (Å²) in [7, 11) is 0. The smallest absolute Gasteiger partial charge is 0.306 e. The van der Waals surface area contributed by atoms with Crippen LogP contribution >= 0.6 is 0 Å². The van der Waals surface area contributed by atoms with Crippen molar-refractivity contribution in [2.45, 2.75) is 232 Å². The van der Waals surface area contributed by atoms with E-state index >= 15 is 0 Å². The van der Waals surface area contributed by atoms with E-state index in [-0.39, 0.29) is 38.0 Å². The van der Waals surface area contributed by atoms with Gasteiger partial charge in [-0.1, -0.05) is 237 Å². The highest BCUT2D eigenvalue weighted by Crippen LogP contribution is 2.13. The summed E-state index contributed by atoms with van der Waals surface area (Å²) in [6, 6.07) is 0. The Kier molecular flexibility index (Phi) is 54.0. The Labute approximate surface area is 436 Å². The van der Waals surface area contributed by atoms with E-state index in [4.69, 9.17) is 14.2 Å². The summed E-state index contributed by atoms with van der Waals surface area (Å²) >= 11 is 0. The van der Waals surface area contributed by atoms with Crippen molar-refractivity contribution >= 4 is 17.9 Å². The molecule has 6 heteroatoms. The number of unbranched alkanes of at least 4 members (excludes halogenated alkanes) is 14. The molecule has 0 rings (SSSR count). The van der Waals surface area contributed by atoms with Crippen LogP contribution < -0.4 is 0 Å². The van der Waals surface area contributed by atoms with E-state index in [1.165, 1.54) is 83.5 Å². The van der Waals surface area contributed by atoms with Gasteiger partial charge >= 0.3 is 17.9 Å². The lowest BCUT2D eigenvalue weighted by atomic mass is 10.1. The summed E-state index contributed by atoms with van der Waals surface area (Å²) in [5.41, 5.74) is 0. The van der Waals surface area contributed by atoms with E-state index in [0.717, 1.165) is 89.9 Å². The highest BCUT2D eigenvalue weighted by atomic mass is 16.6. The second-order valence-electron chi connectivity index (χ2n) is 18.1. The van der Waals surface area contributed by atoms with Crippen molar-refractivity contribution < 1.29 is 28.6 Å². The third kappa shape index (κ3) is 56.1. The van der Waals surface area contributed by atoms with Crippen molar-refractivity contribution in [2.24, 2.45) is 0 Å². The summed E-state index contributed by atoms with van der Waals surface area (Å²) in [5, 5.41) is 0. The molecule has 0 amide bonds. The van der Waals surface area contributed by atoms with Crippen molar-refractivity contribution in [2.75, 3.05) is 13.2 Å². The zero-order chi connectivity index (χ0) is 51.4. The highest BCUT2D eigenvalue weighted by Gasteiger charge is 2.19. The van der Waals surface area contributed by atoms with Crippen LogP contribution in [0, 0.1) is 0 Å². The zero-order valence-corrected chi connectivity index (χ0v) is 45.4. The Balaban J connectivity index is 4.56. The number of ether oxygens (including phenoxy) is 3. The maximum atomic E-state index is 12.8. The fourth-order valence-corrected chi connectivity index (χ4v) is 7.16. The molecule has 1 unspecified atom stereocenters. The van der Waals surface area contributed by atoms with Gasteiger partial charge in [0.2, 0.25) is 0 Å². The number of rotatable bonds is 49. The molecule has 6 nitrogen and oxygen atoms in total. The second kappa shape index (κ2) is 57.9. The van der Waals surface area contributed by atoms with Gasteiger partial charge in [0.25, 0.3) is 0 Å². The molecule has 0 N–H and O–H groups in total. The predicted molar refractivity (Wildman–Crippen MR) is 306 cm³/mol. The lowest BCUT2D eigenvalue weighted by Gasteiger charge is -2.18. The highest BCUT2D eigenvalue weighted by molar-refractivity contribution is 5.71. The third-order valence-corrected chi connectivity index (χ3v) is 11.3. The topological polar surface area (TPSA) is 78.9 Å². The Bertz CT molecular complexity index is 1590. The summed E-state index contributed by atoms with van der Waals surface area (Å²) < 4.78 is 16.7.